The number of para-hydroxylation sites is 1. The zero-order chi connectivity index (χ0) is 27.6. The SMILES string of the molecule is C[C@H](NC(=O)c1c(N)ccc2cccnc12)c1nc2cccc(C#Cc3cnn(C)c3)c2nc1-c1ccccc1. The maximum atomic E-state index is 13.5. The van der Waals surface area contributed by atoms with Gasteiger partial charge in [-0.25, -0.2) is 9.97 Å². The van der Waals surface area contributed by atoms with Crippen LogP contribution in [0.1, 0.15) is 40.1 Å². The summed E-state index contributed by atoms with van der Waals surface area (Å²) in [5.74, 6) is 6.06. The number of nitrogens with zero attached hydrogens (tertiary/aromatic N) is 5. The van der Waals surface area contributed by atoms with E-state index < -0.39 is 6.04 Å². The Kier molecular flexibility index (Phi) is 6.38. The van der Waals surface area contributed by atoms with Gasteiger partial charge in [-0.3, -0.25) is 14.5 Å². The maximum absolute atomic E-state index is 13.5. The quantitative estimate of drug-likeness (QED) is 0.247. The zero-order valence-electron chi connectivity index (χ0n) is 22.0. The second-order valence-corrected chi connectivity index (χ2v) is 9.45. The van der Waals surface area contributed by atoms with E-state index in [0.29, 0.717) is 39.2 Å². The fraction of sp³-hybridized carbons (Fsp3) is 0.0938. The molecule has 6 rings (SSSR count). The summed E-state index contributed by atoms with van der Waals surface area (Å²) >= 11 is 0. The van der Waals surface area contributed by atoms with Gasteiger partial charge >= 0.3 is 0 Å². The molecule has 6 aromatic rings. The Balaban J connectivity index is 1.44. The van der Waals surface area contributed by atoms with Crippen molar-refractivity contribution in [2.24, 2.45) is 7.05 Å². The van der Waals surface area contributed by atoms with E-state index in [2.05, 4.69) is 27.2 Å². The highest BCUT2D eigenvalue weighted by Crippen LogP contribution is 2.30. The van der Waals surface area contributed by atoms with Gasteiger partial charge in [0.05, 0.1) is 51.4 Å². The van der Waals surface area contributed by atoms with E-state index >= 15 is 0 Å². The third kappa shape index (κ3) is 4.72. The van der Waals surface area contributed by atoms with Gasteiger partial charge in [-0.1, -0.05) is 60.4 Å². The van der Waals surface area contributed by atoms with Crippen LogP contribution in [0.4, 0.5) is 5.69 Å². The van der Waals surface area contributed by atoms with E-state index in [1.54, 1.807) is 23.1 Å². The number of hydrogen-bond donors (Lipinski definition) is 2. The number of amides is 1. The molecule has 0 unspecified atom stereocenters. The molecule has 3 heterocycles. The number of anilines is 1. The standard InChI is InChI=1S/C32H25N7O/c1-20(36-32(40)27-25(33)16-15-24-11-7-17-34-30(24)27)28-31(22-8-4-3-5-9-22)38-29-23(10-6-12-26(29)37-28)14-13-21-18-35-39(2)19-21/h3-12,15-20H,33H2,1-2H3,(H,36,40)/t20-/m0/s1. The van der Waals surface area contributed by atoms with Crippen molar-refractivity contribution < 1.29 is 4.79 Å². The Labute approximate surface area is 230 Å². The number of carbonyl (C=O) groups excluding carboxylic acids is 1. The molecule has 1 atom stereocenters. The Morgan fingerprint density at radius 3 is 2.60 bits per heavy atom. The summed E-state index contributed by atoms with van der Waals surface area (Å²) in [6, 6.07) is 22.4. The Bertz CT molecular complexity index is 1950. The summed E-state index contributed by atoms with van der Waals surface area (Å²) in [5.41, 5.74) is 12.6. The molecule has 0 aliphatic rings. The van der Waals surface area contributed by atoms with Gasteiger partial charge in [-0.2, -0.15) is 5.10 Å². The fourth-order valence-corrected chi connectivity index (χ4v) is 4.66. The normalized spacial score (nSPS) is 11.7. The summed E-state index contributed by atoms with van der Waals surface area (Å²) in [5, 5.41) is 8.11. The largest absolute Gasteiger partial charge is 0.398 e. The van der Waals surface area contributed by atoms with Gasteiger partial charge in [0.15, 0.2) is 0 Å². The molecule has 3 N–H and O–H groups in total. The molecule has 0 saturated heterocycles. The first-order valence-corrected chi connectivity index (χ1v) is 12.8. The highest BCUT2D eigenvalue weighted by molar-refractivity contribution is 6.10. The lowest BCUT2D eigenvalue weighted by Crippen LogP contribution is -2.29. The molecule has 3 aromatic heterocycles. The molecule has 8 heteroatoms. The predicted molar refractivity (Wildman–Crippen MR) is 156 cm³/mol. The van der Waals surface area contributed by atoms with Crippen LogP contribution in [0, 0.1) is 11.8 Å². The van der Waals surface area contributed by atoms with Gasteiger partial charge in [-0.15, -0.1) is 0 Å². The van der Waals surface area contributed by atoms with E-state index in [0.717, 1.165) is 22.1 Å². The van der Waals surface area contributed by atoms with Crippen molar-refractivity contribution in [2.45, 2.75) is 13.0 Å². The summed E-state index contributed by atoms with van der Waals surface area (Å²) in [4.78, 5) is 28.0. The number of benzene rings is 3. The lowest BCUT2D eigenvalue weighted by Gasteiger charge is -2.19. The number of aromatic nitrogens is 5. The van der Waals surface area contributed by atoms with Crippen molar-refractivity contribution in [3.8, 4) is 23.1 Å². The summed E-state index contributed by atoms with van der Waals surface area (Å²) < 4.78 is 1.71. The number of pyridine rings is 1. The van der Waals surface area contributed by atoms with Crippen LogP contribution >= 0.6 is 0 Å². The van der Waals surface area contributed by atoms with Gasteiger partial charge in [0.1, 0.15) is 5.52 Å². The number of fused-ring (bicyclic) bond motifs is 2. The number of aryl methyl sites for hydroxylation is 1. The van der Waals surface area contributed by atoms with Crippen molar-refractivity contribution in [1.82, 2.24) is 30.0 Å². The average Bonchev–Trinajstić information content (AvgIpc) is 3.40. The lowest BCUT2D eigenvalue weighted by atomic mass is 10.0. The minimum absolute atomic E-state index is 0.328. The molecule has 8 nitrogen and oxygen atoms in total. The highest BCUT2D eigenvalue weighted by atomic mass is 16.1. The van der Waals surface area contributed by atoms with Crippen molar-refractivity contribution >= 4 is 33.5 Å². The Morgan fingerprint density at radius 1 is 0.950 bits per heavy atom. The molecule has 40 heavy (non-hydrogen) atoms. The van der Waals surface area contributed by atoms with Crippen LogP contribution in [0.3, 0.4) is 0 Å². The Morgan fingerprint density at radius 2 is 1.80 bits per heavy atom. The molecule has 0 aliphatic carbocycles. The summed E-state index contributed by atoms with van der Waals surface area (Å²) in [6.45, 7) is 1.89. The smallest absolute Gasteiger partial charge is 0.256 e. The van der Waals surface area contributed by atoms with Crippen LogP contribution in [0.5, 0.6) is 0 Å². The van der Waals surface area contributed by atoms with E-state index in [1.807, 2.05) is 86.9 Å². The number of hydrogen-bond acceptors (Lipinski definition) is 6. The molecule has 1 amide bonds. The molecule has 0 spiro atoms. The third-order valence-electron chi connectivity index (χ3n) is 6.61. The summed E-state index contributed by atoms with van der Waals surface area (Å²) in [7, 11) is 1.85. The van der Waals surface area contributed by atoms with Crippen LogP contribution < -0.4 is 11.1 Å². The van der Waals surface area contributed by atoms with Gasteiger partial charge in [0, 0.05) is 36.1 Å². The number of nitrogens with one attached hydrogen (secondary N) is 1. The number of nitrogens with two attached hydrogens (primary N) is 1. The second-order valence-electron chi connectivity index (χ2n) is 9.45. The van der Waals surface area contributed by atoms with Gasteiger partial charge in [-0.05, 0) is 31.2 Å². The highest BCUT2D eigenvalue weighted by Gasteiger charge is 2.22. The van der Waals surface area contributed by atoms with Crippen molar-refractivity contribution in [2.75, 3.05) is 5.73 Å². The van der Waals surface area contributed by atoms with Gasteiger partial charge in [0.2, 0.25) is 0 Å². The third-order valence-corrected chi connectivity index (χ3v) is 6.61. The van der Waals surface area contributed by atoms with Crippen LogP contribution in [0.2, 0.25) is 0 Å². The number of nitrogen functional groups attached to an aromatic ring is 1. The number of rotatable bonds is 4. The molecule has 0 aliphatic heterocycles. The first-order valence-electron chi connectivity index (χ1n) is 12.8. The van der Waals surface area contributed by atoms with E-state index in [-0.39, 0.29) is 5.91 Å². The molecule has 0 bridgehead atoms. The first-order chi connectivity index (χ1) is 19.5. The van der Waals surface area contributed by atoms with E-state index in [9.17, 15) is 4.79 Å². The van der Waals surface area contributed by atoms with Crippen molar-refractivity contribution in [1.29, 1.82) is 0 Å². The second kappa shape index (κ2) is 10.3. The predicted octanol–water partition coefficient (Wildman–Crippen LogP) is 5.05. The van der Waals surface area contributed by atoms with E-state index in [1.165, 1.54) is 0 Å². The Hall–Kier alpha value is -5.55. The van der Waals surface area contributed by atoms with Crippen LogP contribution in [-0.4, -0.2) is 30.6 Å². The minimum atomic E-state index is -0.483. The number of carbonyl (C=O) groups is 1. The maximum Gasteiger partial charge on any atom is 0.256 e. The lowest BCUT2D eigenvalue weighted by molar-refractivity contribution is 0.0941. The van der Waals surface area contributed by atoms with Crippen LogP contribution in [-0.2, 0) is 7.05 Å². The van der Waals surface area contributed by atoms with Crippen molar-refractivity contribution in [3.63, 3.8) is 0 Å². The van der Waals surface area contributed by atoms with E-state index in [4.69, 9.17) is 15.7 Å². The molecule has 0 saturated carbocycles. The molecule has 194 valence electrons. The molecular formula is C32H25N7O. The molecule has 3 aromatic carbocycles. The fourth-order valence-electron chi connectivity index (χ4n) is 4.66. The van der Waals surface area contributed by atoms with Gasteiger partial charge in [0.25, 0.3) is 5.91 Å². The molecular weight excluding hydrogens is 498 g/mol. The topological polar surface area (TPSA) is 112 Å². The minimum Gasteiger partial charge on any atom is -0.398 e. The molecule has 0 radical (unpaired) electrons. The zero-order valence-corrected chi connectivity index (χ0v) is 22.0. The first kappa shape index (κ1) is 24.8. The van der Waals surface area contributed by atoms with Crippen LogP contribution in [0.25, 0.3) is 33.2 Å². The van der Waals surface area contributed by atoms with Crippen molar-refractivity contribution in [3.05, 3.63) is 114 Å². The van der Waals surface area contributed by atoms with Gasteiger partial charge < -0.3 is 11.1 Å². The average molecular weight is 524 g/mol. The molecule has 0 fully saturated rings. The van der Waals surface area contributed by atoms with Crippen LogP contribution in [0.15, 0.2) is 91.4 Å². The monoisotopic (exact) mass is 523 g/mol. The summed E-state index contributed by atoms with van der Waals surface area (Å²) in [6.07, 6.45) is 5.23.